The van der Waals surface area contributed by atoms with Crippen molar-refractivity contribution in [2.45, 2.75) is 12.8 Å². The Bertz CT molecular complexity index is 667. The molecule has 0 saturated carbocycles. The fraction of sp³-hybridized carbons (Fsp3) is 0.188. The minimum absolute atomic E-state index is 0.0746. The summed E-state index contributed by atoms with van der Waals surface area (Å²) >= 11 is 0. The van der Waals surface area contributed by atoms with E-state index in [1.54, 1.807) is 12.1 Å². The van der Waals surface area contributed by atoms with E-state index in [4.69, 9.17) is 4.74 Å². The quantitative estimate of drug-likeness (QED) is 0.824. The molecule has 0 aliphatic carbocycles. The van der Waals surface area contributed by atoms with Crippen molar-refractivity contribution in [2.75, 3.05) is 11.9 Å². The molecule has 2 aromatic carbocycles. The van der Waals surface area contributed by atoms with Crippen LogP contribution in [0.4, 0.5) is 5.69 Å². The van der Waals surface area contributed by atoms with Crippen LogP contribution in [0.15, 0.2) is 42.5 Å². The number of phenolic OH excluding ortho intramolecular Hbond substituents is 1. The lowest BCUT2D eigenvalue weighted by molar-refractivity contribution is -0.117. The number of ether oxygens (including phenoxy) is 1. The van der Waals surface area contributed by atoms with Crippen LogP contribution in [0.2, 0.25) is 0 Å². The van der Waals surface area contributed by atoms with Gasteiger partial charge in [0.25, 0.3) is 0 Å². The number of fused-ring (bicyclic) bond motifs is 1. The van der Waals surface area contributed by atoms with Gasteiger partial charge in [-0.05, 0) is 30.7 Å². The van der Waals surface area contributed by atoms with E-state index in [1.165, 1.54) is 0 Å². The van der Waals surface area contributed by atoms with E-state index in [0.29, 0.717) is 12.3 Å². The standard InChI is InChI=1S/C16H15NO3/c1-10-6-7-13(14(18)8-10)17-16(19)12-9-20-15-5-3-2-4-11(12)15/h2-8,12,18H,9H2,1H3,(H,17,19). The molecular weight excluding hydrogens is 254 g/mol. The monoisotopic (exact) mass is 269 g/mol. The topological polar surface area (TPSA) is 58.6 Å². The molecule has 0 fully saturated rings. The molecule has 2 aromatic rings. The minimum atomic E-state index is -0.341. The maximum Gasteiger partial charge on any atom is 0.235 e. The molecule has 2 N–H and O–H groups in total. The summed E-state index contributed by atoms with van der Waals surface area (Å²) in [5.74, 6) is 0.312. The Hall–Kier alpha value is -2.49. The maximum atomic E-state index is 12.3. The summed E-state index contributed by atoms with van der Waals surface area (Å²) in [4.78, 5) is 12.3. The Morgan fingerprint density at radius 3 is 2.90 bits per heavy atom. The number of benzene rings is 2. The van der Waals surface area contributed by atoms with Crippen molar-refractivity contribution < 1.29 is 14.6 Å². The fourth-order valence-corrected chi connectivity index (χ4v) is 2.35. The Kier molecular flexibility index (Phi) is 3.06. The average molecular weight is 269 g/mol. The highest BCUT2D eigenvalue weighted by Crippen LogP contribution is 2.35. The summed E-state index contributed by atoms with van der Waals surface area (Å²) in [5, 5.41) is 12.6. The van der Waals surface area contributed by atoms with Gasteiger partial charge in [0.1, 0.15) is 24.0 Å². The van der Waals surface area contributed by atoms with Crippen LogP contribution in [0.5, 0.6) is 11.5 Å². The summed E-state index contributed by atoms with van der Waals surface area (Å²) in [7, 11) is 0. The van der Waals surface area contributed by atoms with Gasteiger partial charge in [0, 0.05) is 5.56 Å². The van der Waals surface area contributed by atoms with Gasteiger partial charge in [0.2, 0.25) is 5.91 Å². The van der Waals surface area contributed by atoms with E-state index in [1.807, 2.05) is 37.3 Å². The summed E-state index contributed by atoms with van der Waals surface area (Å²) in [6.07, 6.45) is 0. The molecule has 0 spiro atoms. The van der Waals surface area contributed by atoms with Crippen LogP contribution in [-0.2, 0) is 4.79 Å². The van der Waals surface area contributed by atoms with Crippen molar-refractivity contribution >= 4 is 11.6 Å². The first kappa shape index (κ1) is 12.5. The molecule has 1 aliphatic rings. The summed E-state index contributed by atoms with van der Waals surface area (Å²) in [5.41, 5.74) is 2.25. The van der Waals surface area contributed by atoms with Crippen molar-refractivity contribution in [3.05, 3.63) is 53.6 Å². The molecular formula is C16H15NO3. The Morgan fingerprint density at radius 2 is 2.10 bits per heavy atom. The molecule has 102 valence electrons. The van der Waals surface area contributed by atoms with Crippen molar-refractivity contribution in [2.24, 2.45) is 0 Å². The number of aromatic hydroxyl groups is 1. The second-order valence-corrected chi connectivity index (χ2v) is 4.91. The Balaban J connectivity index is 1.81. The van der Waals surface area contributed by atoms with Crippen LogP contribution in [-0.4, -0.2) is 17.6 Å². The zero-order chi connectivity index (χ0) is 14.1. The lowest BCUT2D eigenvalue weighted by Crippen LogP contribution is -2.22. The first-order valence-corrected chi connectivity index (χ1v) is 6.47. The molecule has 1 amide bonds. The highest BCUT2D eigenvalue weighted by molar-refractivity contribution is 5.98. The van der Waals surface area contributed by atoms with Crippen molar-refractivity contribution in [3.8, 4) is 11.5 Å². The predicted molar refractivity (Wildman–Crippen MR) is 76.2 cm³/mol. The molecule has 4 heteroatoms. The highest BCUT2D eigenvalue weighted by atomic mass is 16.5. The van der Waals surface area contributed by atoms with Gasteiger partial charge in [-0.2, -0.15) is 0 Å². The largest absolute Gasteiger partial charge is 0.506 e. The number of nitrogens with one attached hydrogen (secondary N) is 1. The second kappa shape index (κ2) is 4.89. The van der Waals surface area contributed by atoms with Crippen LogP contribution in [0.1, 0.15) is 17.0 Å². The van der Waals surface area contributed by atoms with Gasteiger partial charge < -0.3 is 15.2 Å². The van der Waals surface area contributed by atoms with Gasteiger partial charge in [-0.1, -0.05) is 24.3 Å². The molecule has 1 aliphatic heterocycles. The number of aryl methyl sites for hydroxylation is 1. The molecule has 1 heterocycles. The smallest absolute Gasteiger partial charge is 0.235 e. The number of anilines is 1. The molecule has 3 rings (SSSR count). The van der Waals surface area contributed by atoms with E-state index in [0.717, 1.165) is 16.9 Å². The van der Waals surface area contributed by atoms with Gasteiger partial charge in [0.15, 0.2) is 0 Å². The van der Waals surface area contributed by atoms with E-state index < -0.39 is 0 Å². The zero-order valence-electron chi connectivity index (χ0n) is 11.1. The molecule has 20 heavy (non-hydrogen) atoms. The number of hydrogen-bond donors (Lipinski definition) is 2. The number of hydrogen-bond acceptors (Lipinski definition) is 3. The van der Waals surface area contributed by atoms with Crippen LogP contribution in [0.25, 0.3) is 0 Å². The molecule has 4 nitrogen and oxygen atoms in total. The molecule has 0 aromatic heterocycles. The number of carbonyl (C=O) groups is 1. The van der Waals surface area contributed by atoms with Crippen LogP contribution in [0, 0.1) is 6.92 Å². The summed E-state index contributed by atoms with van der Waals surface area (Å²) < 4.78 is 5.50. The average Bonchev–Trinajstić information content (AvgIpc) is 2.86. The SMILES string of the molecule is Cc1ccc(NC(=O)C2COc3ccccc32)c(O)c1. The number of phenols is 1. The van der Waals surface area contributed by atoms with E-state index in [2.05, 4.69) is 5.32 Å². The molecule has 0 radical (unpaired) electrons. The first-order valence-electron chi connectivity index (χ1n) is 6.47. The zero-order valence-corrected chi connectivity index (χ0v) is 11.1. The minimum Gasteiger partial charge on any atom is -0.506 e. The van der Waals surface area contributed by atoms with E-state index in [9.17, 15) is 9.90 Å². The number of para-hydroxylation sites is 1. The van der Waals surface area contributed by atoms with Crippen molar-refractivity contribution in [3.63, 3.8) is 0 Å². The predicted octanol–water partition coefficient (Wildman–Crippen LogP) is 2.82. The van der Waals surface area contributed by atoms with E-state index in [-0.39, 0.29) is 17.6 Å². The number of amides is 1. The third-order valence-electron chi connectivity index (χ3n) is 3.43. The van der Waals surface area contributed by atoms with Crippen LogP contribution in [0.3, 0.4) is 0 Å². The second-order valence-electron chi connectivity index (χ2n) is 4.91. The van der Waals surface area contributed by atoms with Gasteiger partial charge >= 0.3 is 0 Å². The first-order chi connectivity index (χ1) is 9.65. The van der Waals surface area contributed by atoms with Gasteiger partial charge in [-0.3, -0.25) is 4.79 Å². The normalized spacial score (nSPS) is 16.4. The van der Waals surface area contributed by atoms with Crippen LogP contribution >= 0.6 is 0 Å². The summed E-state index contributed by atoms with van der Waals surface area (Å²) in [6.45, 7) is 2.21. The lowest BCUT2D eigenvalue weighted by atomic mass is 10.0. The van der Waals surface area contributed by atoms with Gasteiger partial charge in [0.05, 0.1) is 5.69 Å². The van der Waals surface area contributed by atoms with Crippen molar-refractivity contribution in [1.29, 1.82) is 0 Å². The Morgan fingerprint density at radius 1 is 1.30 bits per heavy atom. The van der Waals surface area contributed by atoms with Crippen molar-refractivity contribution in [1.82, 2.24) is 0 Å². The Labute approximate surface area is 117 Å². The van der Waals surface area contributed by atoms with Gasteiger partial charge in [-0.15, -0.1) is 0 Å². The lowest BCUT2D eigenvalue weighted by Gasteiger charge is -2.11. The van der Waals surface area contributed by atoms with Crippen LogP contribution < -0.4 is 10.1 Å². The maximum absolute atomic E-state index is 12.3. The molecule has 0 bridgehead atoms. The number of rotatable bonds is 2. The molecule has 1 atom stereocenters. The van der Waals surface area contributed by atoms with E-state index >= 15 is 0 Å². The summed E-state index contributed by atoms with van der Waals surface area (Å²) in [6, 6.07) is 12.7. The third kappa shape index (κ3) is 2.20. The third-order valence-corrected chi connectivity index (χ3v) is 3.43. The fourth-order valence-electron chi connectivity index (χ4n) is 2.35. The highest BCUT2D eigenvalue weighted by Gasteiger charge is 2.30. The van der Waals surface area contributed by atoms with Gasteiger partial charge in [-0.25, -0.2) is 0 Å². The molecule has 0 saturated heterocycles. The molecule has 1 unspecified atom stereocenters. The number of carbonyl (C=O) groups excluding carboxylic acids is 1.